The summed E-state index contributed by atoms with van der Waals surface area (Å²) in [5.41, 5.74) is 0.396. The summed E-state index contributed by atoms with van der Waals surface area (Å²) in [6.07, 6.45) is 1.81. The largest absolute Gasteiger partial charge is 0.368 e. The highest BCUT2D eigenvalue weighted by Crippen LogP contribution is 2.16. The summed E-state index contributed by atoms with van der Waals surface area (Å²) in [5.74, 6) is -0.449. The molecule has 0 aliphatic carbocycles. The molecule has 0 unspecified atom stereocenters. The summed E-state index contributed by atoms with van der Waals surface area (Å²) in [4.78, 5) is 3.92. The normalized spacial score (nSPS) is 12.4. The molecule has 6 nitrogen and oxygen atoms in total. The molecule has 1 aromatic heterocycles. The van der Waals surface area contributed by atoms with Crippen LogP contribution in [0.5, 0.6) is 0 Å². The fourth-order valence-electron chi connectivity index (χ4n) is 1.58. The van der Waals surface area contributed by atoms with Crippen LogP contribution in [0.2, 0.25) is 0 Å². The molecule has 0 amide bonds. The first-order chi connectivity index (χ1) is 9.58. The first-order valence-electron chi connectivity index (χ1n) is 6.71. The second-order valence-corrected chi connectivity index (χ2v) is 7.62. The minimum absolute atomic E-state index is 0.112. The Morgan fingerprint density at radius 2 is 2.05 bits per heavy atom. The summed E-state index contributed by atoms with van der Waals surface area (Å²) >= 11 is 0. The second-order valence-electron chi connectivity index (χ2n) is 5.88. The molecule has 8 heteroatoms. The molecule has 0 fully saturated rings. The SMILES string of the molecule is CC(C)(C)NCc1ccnc(NCCCS(N)(=O)=O)c1F. The number of anilines is 1. The Morgan fingerprint density at radius 3 is 2.62 bits per heavy atom. The zero-order chi connectivity index (χ0) is 16.1. The molecule has 0 saturated carbocycles. The molecule has 1 heterocycles. The third-order valence-corrected chi connectivity index (χ3v) is 3.53. The van der Waals surface area contributed by atoms with Crippen LogP contribution < -0.4 is 15.8 Å². The van der Waals surface area contributed by atoms with Crippen molar-refractivity contribution in [1.29, 1.82) is 0 Å². The molecule has 0 spiro atoms. The van der Waals surface area contributed by atoms with Gasteiger partial charge >= 0.3 is 0 Å². The molecular weight excluding hydrogens is 295 g/mol. The number of halogens is 1. The average molecular weight is 318 g/mol. The van der Waals surface area contributed by atoms with E-state index in [9.17, 15) is 12.8 Å². The van der Waals surface area contributed by atoms with E-state index in [-0.39, 0.29) is 23.7 Å². The van der Waals surface area contributed by atoms with Gasteiger partial charge in [-0.25, -0.2) is 22.9 Å². The van der Waals surface area contributed by atoms with E-state index in [0.29, 0.717) is 18.5 Å². The quantitative estimate of drug-likeness (QED) is 0.656. The van der Waals surface area contributed by atoms with Crippen LogP contribution >= 0.6 is 0 Å². The van der Waals surface area contributed by atoms with E-state index in [4.69, 9.17) is 5.14 Å². The van der Waals surface area contributed by atoms with Gasteiger partial charge in [-0.1, -0.05) is 0 Å². The molecule has 0 bridgehead atoms. The molecule has 0 aromatic carbocycles. The number of nitrogens with zero attached hydrogens (tertiary/aromatic N) is 1. The maximum atomic E-state index is 14.2. The van der Waals surface area contributed by atoms with Gasteiger partial charge < -0.3 is 10.6 Å². The van der Waals surface area contributed by atoms with Gasteiger partial charge in [-0.3, -0.25) is 0 Å². The number of pyridine rings is 1. The smallest absolute Gasteiger partial charge is 0.209 e. The third-order valence-electron chi connectivity index (χ3n) is 2.68. The average Bonchev–Trinajstić information content (AvgIpc) is 2.32. The van der Waals surface area contributed by atoms with Gasteiger partial charge in [0.25, 0.3) is 0 Å². The van der Waals surface area contributed by atoms with Crippen LogP contribution in [0.25, 0.3) is 0 Å². The minimum atomic E-state index is -3.49. The lowest BCUT2D eigenvalue weighted by Crippen LogP contribution is -2.35. The summed E-state index contributed by atoms with van der Waals surface area (Å²) in [5, 5.41) is 10.9. The maximum Gasteiger partial charge on any atom is 0.209 e. The van der Waals surface area contributed by atoms with Crippen molar-refractivity contribution in [2.24, 2.45) is 5.14 Å². The molecule has 4 N–H and O–H groups in total. The third kappa shape index (κ3) is 7.35. The Labute approximate surface area is 125 Å². The topological polar surface area (TPSA) is 97.1 Å². The number of nitrogens with one attached hydrogen (secondary N) is 2. The van der Waals surface area contributed by atoms with E-state index in [1.54, 1.807) is 6.07 Å². The predicted molar refractivity (Wildman–Crippen MR) is 81.9 cm³/mol. The zero-order valence-corrected chi connectivity index (χ0v) is 13.4. The molecule has 0 radical (unpaired) electrons. The standard InChI is InChI=1S/C13H23FN4O2S/c1-13(2,3)18-9-10-5-7-17-12(11(10)14)16-6-4-8-21(15,19)20/h5,7,18H,4,6,8-9H2,1-3H3,(H,16,17)(H2,15,19,20). The highest BCUT2D eigenvalue weighted by atomic mass is 32.2. The number of sulfonamides is 1. The van der Waals surface area contributed by atoms with Crippen LogP contribution in [0.15, 0.2) is 12.3 Å². The van der Waals surface area contributed by atoms with Crippen LogP contribution in [0.1, 0.15) is 32.8 Å². The van der Waals surface area contributed by atoms with Crippen molar-refractivity contribution in [2.75, 3.05) is 17.6 Å². The number of hydrogen-bond acceptors (Lipinski definition) is 5. The van der Waals surface area contributed by atoms with E-state index in [1.807, 2.05) is 20.8 Å². The van der Waals surface area contributed by atoms with Crippen molar-refractivity contribution < 1.29 is 12.8 Å². The van der Waals surface area contributed by atoms with Gasteiger partial charge in [-0.15, -0.1) is 0 Å². The van der Waals surface area contributed by atoms with Gasteiger partial charge in [-0.05, 0) is 33.3 Å². The van der Waals surface area contributed by atoms with Crippen molar-refractivity contribution in [3.63, 3.8) is 0 Å². The van der Waals surface area contributed by atoms with Crippen LogP contribution in [0.3, 0.4) is 0 Å². The van der Waals surface area contributed by atoms with Crippen molar-refractivity contribution in [2.45, 2.75) is 39.3 Å². The van der Waals surface area contributed by atoms with Crippen molar-refractivity contribution in [3.8, 4) is 0 Å². The summed E-state index contributed by atoms with van der Waals surface area (Å²) in [6.45, 7) is 6.68. The molecule has 0 saturated heterocycles. The van der Waals surface area contributed by atoms with Gasteiger partial charge in [0.1, 0.15) is 0 Å². The first kappa shape index (κ1) is 17.8. The minimum Gasteiger partial charge on any atom is -0.368 e. The molecule has 120 valence electrons. The van der Waals surface area contributed by atoms with Gasteiger partial charge in [0, 0.05) is 30.4 Å². The summed E-state index contributed by atoms with van der Waals surface area (Å²) in [6, 6.07) is 1.61. The van der Waals surface area contributed by atoms with Crippen molar-refractivity contribution in [1.82, 2.24) is 10.3 Å². The molecule has 0 atom stereocenters. The van der Waals surface area contributed by atoms with Crippen LogP contribution in [0.4, 0.5) is 10.2 Å². The summed E-state index contributed by atoms with van der Waals surface area (Å²) in [7, 11) is -3.49. The lowest BCUT2D eigenvalue weighted by molar-refractivity contribution is 0.418. The highest BCUT2D eigenvalue weighted by Gasteiger charge is 2.13. The second kappa shape index (κ2) is 7.15. The van der Waals surface area contributed by atoms with E-state index >= 15 is 0 Å². The maximum absolute atomic E-state index is 14.2. The van der Waals surface area contributed by atoms with E-state index in [1.165, 1.54) is 6.20 Å². The number of rotatable bonds is 7. The first-order valence-corrected chi connectivity index (χ1v) is 8.43. The lowest BCUT2D eigenvalue weighted by Gasteiger charge is -2.21. The van der Waals surface area contributed by atoms with Crippen molar-refractivity contribution >= 4 is 15.8 Å². The van der Waals surface area contributed by atoms with Crippen LogP contribution in [-0.4, -0.2) is 31.2 Å². The van der Waals surface area contributed by atoms with E-state index < -0.39 is 15.8 Å². The fraction of sp³-hybridized carbons (Fsp3) is 0.615. The molecule has 21 heavy (non-hydrogen) atoms. The van der Waals surface area contributed by atoms with Gasteiger partial charge in [0.2, 0.25) is 10.0 Å². The number of primary sulfonamides is 1. The fourth-order valence-corrected chi connectivity index (χ4v) is 2.13. The number of hydrogen-bond donors (Lipinski definition) is 3. The summed E-state index contributed by atoms with van der Waals surface area (Å²) < 4.78 is 35.8. The molecule has 1 aromatic rings. The Morgan fingerprint density at radius 1 is 1.38 bits per heavy atom. The molecular formula is C13H23FN4O2S. The monoisotopic (exact) mass is 318 g/mol. The van der Waals surface area contributed by atoms with Crippen molar-refractivity contribution in [3.05, 3.63) is 23.6 Å². The lowest BCUT2D eigenvalue weighted by atomic mass is 10.1. The van der Waals surface area contributed by atoms with Gasteiger partial charge in [-0.2, -0.15) is 0 Å². The molecule has 1 rings (SSSR count). The highest BCUT2D eigenvalue weighted by molar-refractivity contribution is 7.89. The van der Waals surface area contributed by atoms with E-state index in [0.717, 1.165) is 0 Å². The predicted octanol–water partition coefficient (Wildman–Crippen LogP) is 1.20. The van der Waals surface area contributed by atoms with E-state index in [2.05, 4.69) is 15.6 Å². The Balaban J connectivity index is 2.60. The number of aromatic nitrogens is 1. The molecule has 0 aliphatic rings. The van der Waals surface area contributed by atoms with Crippen LogP contribution in [0, 0.1) is 5.82 Å². The van der Waals surface area contributed by atoms with Gasteiger partial charge in [0.05, 0.1) is 5.75 Å². The Hall–Kier alpha value is -1.25. The number of nitrogens with two attached hydrogens (primary N) is 1. The molecule has 0 aliphatic heterocycles. The Kier molecular flexibility index (Phi) is 6.06. The van der Waals surface area contributed by atoms with Crippen LogP contribution in [-0.2, 0) is 16.6 Å². The Bertz CT molecular complexity index is 570. The zero-order valence-electron chi connectivity index (χ0n) is 12.6. The van der Waals surface area contributed by atoms with Gasteiger partial charge in [0.15, 0.2) is 11.6 Å².